The van der Waals surface area contributed by atoms with Gasteiger partial charge in [-0.3, -0.25) is 14.2 Å². The molecule has 0 aliphatic rings. The SMILES string of the molecule is CC/C=C/C/C=C/C/C=C/C/C=C/C/C=C/C/C=C/CCC(=O)OC[C@H](COP(=O)([O-])OCC[N+](C)(C)C)OC(=O)CCC/C=C/C/C=C/C/C=C/C/C=C/CCCCC. The first kappa shape index (κ1) is 56.4. The predicted molar refractivity (Wildman–Crippen MR) is 249 cm³/mol. The van der Waals surface area contributed by atoms with Crippen LogP contribution in [-0.4, -0.2) is 70.0 Å². The summed E-state index contributed by atoms with van der Waals surface area (Å²) < 4.78 is 33.7. The van der Waals surface area contributed by atoms with E-state index >= 15 is 0 Å². The van der Waals surface area contributed by atoms with Gasteiger partial charge in [0.15, 0.2) is 6.10 Å². The van der Waals surface area contributed by atoms with Gasteiger partial charge in [-0.15, -0.1) is 0 Å². The minimum atomic E-state index is -4.67. The van der Waals surface area contributed by atoms with Gasteiger partial charge in [-0.1, -0.05) is 148 Å². The van der Waals surface area contributed by atoms with E-state index in [1.807, 2.05) is 39.4 Å². The number of quaternary nitrogens is 1. The summed E-state index contributed by atoms with van der Waals surface area (Å²) in [4.78, 5) is 37.5. The molecule has 0 radical (unpaired) electrons. The Kier molecular flexibility index (Phi) is 38.4. The Morgan fingerprint density at radius 3 is 1.42 bits per heavy atom. The molecular formula is C50H80NO8P. The lowest BCUT2D eigenvalue weighted by Crippen LogP contribution is -2.37. The van der Waals surface area contributed by atoms with Crippen molar-refractivity contribution >= 4 is 19.8 Å². The quantitative estimate of drug-likeness (QED) is 0.0198. The smallest absolute Gasteiger partial charge is 0.306 e. The molecule has 338 valence electrons. The van der Waals surface area contributed by atoms with E-state index in [4.69, 9.17) is 18.5 Å². The number of carbonyl (C=O) groups excluding carboxylic acids is 2. The number of allylic oxidation sites excluding steroid dienone is 20. The average molecular weight is 854 g/mol. The molecule has 0 aromatic heterocycles. The lowest BCUT2D eigenvalue weighted by Gasteiger charge is -2.28. The summed E-state index contributed by atoms with van der Waals surface area (Å²) in [7, 11) is 1.07. The maximum atomic E-state index is 12.7. The van der Waals surface area contributed by atoms with E-state index in [0.717, 1.165) is 64.2 Å². The van der Waals surface area contributed by atoms with E-state index in [0.29, 0.717) is 30.3 Å². The van der Waals surface area contributed by atoms with E-state index in [1.165, 1.54) is 19.3 Å². The van der Waals surface area contributed by atoms with E-state index in [-0.39, 0.29) is 26.1 Å². The van der Waals surface area contributed by atoms with Gasteiger partial charge in [-0.2, -0.15) is 0 Å². The first-order chi connectivity index (χ1) is 29.0. The molecule has 0 saturated carbocycles. The van der Waals surface area contributed by atoms with Crippen LogP contribution in [0.15, 0.2) is 122 Å². The molecule has 0 aromatic carbocycles. The van der Waals surface area contributed by atoms with Crippen LogP contribution < -0.4 is 4.89 Å². The number of ether oxygens (including phenoxy) is 2. The van der Waals surface area contributed by atoms with E-state index in [2.05, 4.69) is 117 Å². The third-order valence-corrected chi connectivity index (χ3v) is 9.44. The van der Waals surface area contributed by atoms with Crippen molar-refractivity contribution < 1.29 is 42.1 Å². The number of nitrogens with zero attached hydrogens (tertiary/aromatic N) is 1. The Morgan fingerprint density at radius 2 is 0.967 bits per heavy atom. The molecule has 0 N–H and O–H groups in total. The zero-order chi connectivity index (χ0) is 44.3. The van der Waals surface area contributed by atoms with Gasteiger partial charge in [0.2, 0.25) is 0 Å². The summed E-state index contributed by atoms with van der Waals surface area (Å²) in [5.41, 5.74) is 0. The zero-order valence-electron chi connectivity index (χ0n) is 37.8. The summed E-state index contributed by atoms with van der Waals surface area (Å²) in [6.07, 6.45) is 56.8. The van der Waals surface area contributed by atoms with Crippen LogP contribution in [0, 0.1) is 0 Å². The van der Waals surface area contributed by atoms with E-state index < -0.39 is 32.5 Å². The Balaban J connectivity index is 4.60. The molecule has 0 saturated heterocycles. The van der Waals surface area contributed by atoms with Crippen LogP contribution in [-0.2, 0) is 32.7 Å². The second-order valence-electron chi connectivity index (χ2n) is 15.3. The molecule has 1 unspecified atom stereocenters. The van der Waals surface area contributed by atoms with Crippen molar-refractivity contribution in [1.82, 2.24) is 0 Å². The highest BCUT2D eigenvalue weighted by Crippen LogP contribution is 2.38. The normalized spacial score (nSPS) is 14.7. The van der Waals surface area contributed by atoms with Crippen molar-refractivity contribution in [3.8, 4) is 0 Å². The third-order valence-electron chi connectivity index (χ3n) is 8.48. The minimum absolute atomic E-state index is 0.0597. The summed E-state index contributed by atoms with van der Waals surface area (Å²) in [5.74, 6) is -1.01. The van der Waals surface area contributed by atoms with Gasteiger partial charge < -0.3 is 27.9 Å². The molecule has 0 heterocycles. The highest BCUT2D eigenvalue weighted by atomic mass is 31.2. The lowest BCUT2D eigenvalue weighted by atomic mass is 10.2. The van der Waals surface area contributed by atoms with Gasteiger partial charge >= 0.3 is 11.9 Å². The first-order valence-corrected chi connectivity index (χ1v) is 23.7. The Morgan fingerprint density at radius 1 is 0.533 bits per heavy atom. The minimum Gasteiger partial charge on any atom is -0.756 e. The molecule has 0 aliphatic carbocycles. The number of unbranched alkanes of at least 4 members (excludes halogenated alkanes) is 4. The van der Waals surface area contributed by atoms with Gasteiger partial charge in [-0.05, 0) is 89.9 Å². The zero-order valence-corrected chi connectivity index (χ0v) is 38.7. The number of carbonyl (C=O) groups is 2. The molecule has 0 fully saturated rings. The van der Waals surface area contributed by atoms with Gasteiger partial charge in [-0.25, -0.2) is 0 Å². The Labute approximate surface area is 365 Å². The van der Waals surface area contributed by atoms with Crippen molar-refractivity contribution in [2.24, 2.45) is 0 Å². The molecule has 0 aromatic rings. The van der Waals surface area contributed by atoms with Crippen LogP contribution in [0.25, 0.3) is 0 Å². The fourth-order valence-corrected chi connectivity index (χ4v) is 5.75. The third kappa shape index (κ3) is 44.0. The van der Waals surface area contributed by atoms with Crippen LogP contribution in [0.1, 0.15) is 129 Å². The topological polar surface area (TPSA) is 111 Å². The van der Waals surface area contributed by atoms with Crippen LogP contribution in [0.3, 0.4) is 0 Å². The van der Waals surface area contributed by atoms with Crippen LogP contribution in [0.2, 0.25) is 0 Å². The van der Waals surface area contributed by atoms with Crippen molar-refractivity contribution in [2.45, 2.75) is 136 Å². The molecule has 0 aliphatic heterocycles. The summed E-state index contributed by atoms with van der Waals surface area (Å²) in [6.45, 7) is 3.89. The van der Waals surface area contributed by atoms with Crippen LogP contribution >= 0.6 is 7.82 Å². The predicted octanol–water partition coefficient (Wildman–Crippen LogP) is 12.3. The molecule has 10 heteroatoms. The lowest BCUT2D eigenvalue weighted by molar-refractivity contribution is -0.870. The number of rotatable bonds is 38. The van der Waals surface area contributed by atoms with Crippen LogP contribution in [0.5, 0.6) is 0 Å². The molecule has 9 nitrogen and oxygen atoms in total. The Bertz CT molecular complexity index is 1430. The van der Waals surface area contributed by atoms with Crippen LogP contribution in [0.4, 0.5) is 0 Å². The molecule has 0 rings (SSSR count). The number of phosphoric ester groups is 1. The summed E-state index contributed by atoms with van der Waals surface area (Å²) in [6, 6.07) is 0. The van der Waals surface area contributed by atoms with Gasteiger partial charge in [0.25, 0.3) is 7.82 Å². The summed E-state index contributed by atoms with van der Waals surface area (Å²) >= 11 is 0. The maximum absolute atomic E-state index is 12.7. The monoisotopic (exact) mass is 854 g/mol. The summed E-state index contributed by atoms with van der Waals surface area (Å²) in [5, 5.41) is 0. The van der Waals surface area contributed by atoms with E-state index in [9.17, 15) is 19.0 Å². The van der Waals surface area contributed by atoms with Gasteiger partial charge in [0, 0.05) is 12.8 Å². The average Bonchev–Trinajstić information content (AvgIpc) is 3.20. The number of hydrogen-bond acceptors (Lipinski definition) is 8. The fraction of sp³-hybridized carbons (Fsp3) is 0.560. The van der Waals surface area contributed by atoms with Crippen molar-refractivity contribution in [3.05, 3.63) is 122 Å². The maximum Gasteiger partial charge on any atom is 0.306 e. The number of hydrogen-bond donors (Lipinski definition) is 0. The number of phosphoric acid groups is 1. The van der Waals surface area contributed by atoms with Gasteiger partial charge in [0.05, 0.1) is 27.7 Å². The first-order valence-electron chi connectivity index (χ1n) is 22.2. The van der Waals surface area contributed by atoms with Crippen molar-refractivity contribution in [3.63, 3.8) is 0 Å². The standard InChI is InChI=1S/C50H80NO8P/c1-6-8-10-12-14-16-18-20-22-24-25-27-28-30-32-34-36-38-40-42-49(52)56-46-48(47-58-60(54,55)57-45-44-51(3,4)5)59-50(53)43-41-39-37-35-33-31-29-26-23-21-19-17-15-13-11-9-7-2/h8,10,14-17,20-23,25,27,29-32,35-38,48H,6-7,9,11-13,18-19,24,26,28,33-34,39-47H2,1-5H3/b10-8+,16-14+,17-15+,22-20+,23-21+,27-25+,31-29+,32-30+,37-35+,38-36+/t48-/m1/s1. The van der Waals surface area contributed by atoms with E-state index in [1.54, 1.807) is 0 Å². The number of likely N-dealkylation sites (N-methyl/N-ethyl adjacent to an activating group) is 1. The molecule has 2 atom stereocenters. The second kappa shape index (κ2) is 40.8. The molecule has 0 bridgehead atoms. The van der Waals surface area contributed by atoms with Crippen molar-refractivity contribution in [2.75, 3.05) is 47.5 Å². The molecule has 60 heavy (non-hydrogen) atoms. The second-order valence-corrected chi connectivity index (χ2v) is 16.7. The highest BCUT2D eigenvalue weighted by molar-refractivity contribution is 7.45. The Hall–Kier alpha value is -3.59. The molecule has 0 amide bonds. The molecular weight excluding hydrogens is 774 g/mol. The highest BCUT2D eigenvalue weighted by Gasteiger charge is 2.21. The largest absolute Gasteiger partial charge is 0.756 e. The number of esters is 2. The van der Waals surface area contributed by atoms with Crippen molar-refractivity contribution in [1.29, 1.82) is 0 Å². The fourth-order valence-electron chi connectivity index (χ4n) is 5.02. The van der Waals surface area contributed by atoms with Gasteiger partial charge in [0.1, 0.15) is 19.8 Å². The molecule has 0 spiro atoms.